The maximum atomic E-state index is 13.1. The molecule has 67 heavy (non-hydrogen) atoms. The number of aromatic nitrogens is 4. The van der Waals surface area contributed by atoms with Gasteiger partial charge in [-0.3, -0.25) is 14.8 Å². The lowest BCUT2D eigenvalue weighted by atomic mass is 9.76. The molecule has 354 valence electrons. The summed E-state index contributed by atoms with van der Waals surface area (Å²) < 4.78 is 36.3. The van der Waals surface area contributed by atoms with E-state index in [0.29, 0.717) is 47.5 Å². The molecule has 2 aromatic carbocycles. The number of aliphatic carboxylic acids is 1. The van der Waals surface area contributed by atoms with Crippen LogP contribution in [0.1, 0.15) is 68.0 Å². The van der Waals surface area contributed by atoms with Crippen LogP contribution >= 0.6 is 23.1 Å². The molecule has 4 aliphatic rings. The molecular formula is C51H60ClN7O7S. The minimum absolute atomic E-state index is 0.0269. The molecule has 1 unspecified atom stereocenters. The van der Waals surface area contributed by atoms with Gasteiger partial charge in [0.1, 0.15) is 37.1 Å². The first kappa shape index (κ1) is 46.9. The van der Waals surface area contributed by atoms with E-state index in [9.17, 15) is 9.90 Å². The van der Waals surface area contributed by atoms with Crippen LogP contribution in [0.25, 0.3) is 27.0 Å². The zero-order chi connectivity index (χ0) is 46.3. The standard InChI is InChI=1S/C51H60ClN7O7S/c1-33-29-40(34(2)46(52)48(33)64-28-24-58-19-17-57(3)18-20-58)44-45-43(31-54-47(44)35-8-6-9-35)67-56-50(45)66-42(51(60)61)30-37-7-4-5-10-41(37)65-32-38-15-16-53-49(55-38)36-11-13-39(14-12-36)63-27-23-59-21-25-62-26-22-59/h4-5,7,10-16,31,33,35,42H,6,8-9,17-30,32H2,1-3H3,(H,60,61)/t33?,42-/m1/s1. The van der Waals surface area contributed by atoms with Crippen LogP contribution in [-0.4, -0.2) is 137 Å². The number of morpholine rings is 1. The zero-order valence-corrected chi connectivity index (χ0v) is 40.2. The molecule has 3 aromatic heterocycles. The van der Waals surface area contributed by atoms with Crippen molar-refractivity contribution in [2.24, 2.45) is 5.92 Å². The normalized spacial score (nSPS) is 19.4. The Hall–Kier alpha value is -5.16. The van der Waals surface area contributed by atoms with E-state index in [1.54, 1.807) is 6.20 Å². The van der Waals surface area contributed by atoms with Crippen LogP contribution in [0.5, 0.6) is 17.4 Å². The highest BCUT2D eigenvalue weighted by Crippen LogP contribution is 2.49. The van der Waals surface area contributed by atoms with Crippen LogP contribution in [0.2, 0.25) is 0 Å². The topological polar surface area (TPSA) is 145 Å². The predicted molar refractivity (Wildman–Crippen MR) is 260 cm³/mol. The van der Waals surface area contributed by atoms with Gasteiger partial charge in [0.25, 0.3) is 0 Å². The van der Waals surface area contributed by atoms with Gasteiger partial charge < -0.3 is 33.7 Å². The average Bonchev–Trinajstić information content (AvgIpc) is 3.74. The molecule has 0 spiro atoms. The SMILES string of the molecule is CC1=C(c2c(C3CCC3)ncc3snc(O[C@H](Cc4ccccc4OCc4ccnc(-c5ccc(OCCN6CCOCC6)cc5)n4)C(=O)O)c23)CC(C)C(OCCN2CCN(C)CC2)=C1Cl. The van der Waals surface area contributed by atoms with Crippen molar-refractivity contribution in [1.82, 2.24) is 34.0 Å². The Morgan fingerprint density at radius 3 is 2.43 bits per heavy atom. The largest absolute Gasteiger partial charge is 0.495 e. The summed E-state index contributed by atoms with van der Waals surface area (Å²) in [6, 6.07) is 17.0. The van der Waals surface area contributed by atoms with Crippen molar-refractivity contribution in [1.29, 1.82) is 0 Å². The number of piperazine rings is 1. The van der Waals surface area contributed by atoms with Crippen molar-refractivity contribution in [3.05, 3.63) is 106 Å². The molecule has 5 aromatic rings. The number of benzene rings is 2. The minimum atomic E-state index is -1.26. The number of carboxylic acid groups (broad SMARTS) is 1. The van der Waals surface area contributed by atoms with Crippen LogP contribution in [0.3, 0.4) is 0 Å². The first-order valence-corrected chi connectivity index (χ1v) is 24.7. The van der Waals surface area contributed by atoms with Gasteiger partial charge in [0.15, 0.2) is 5.82 Å². The molecule has 1 N–H and O–H groups in total. The number of para-hydroxylation sites is 1. The highest BCUT2D eigenvalue weighted by Gasteiger charge is 2.35. The summed E-state index contributed by atoms with van der Waals surface area (Å²) >= 11 is 8.50. The molecule has 0 amide bonds. The van der Waals surface area contributed by atoms with Gasteiger partial charge in [-0.15, -0.1) is 0 Å². The van der Waals surface area contributed by atoms with Crippen LogP contribution < -0.4 is 14.2 Å². The van der Waals surface area contributed by atoms with Crippen molar-refractivity contribution in [3.8, 4) is 28.8 Å². The summed E-state index contributed by atoms with van der Waals surface area (Å²) in [6.07, 6.45) is 6.26. The molecule has 3 fully saturated rings. The van der Waals surface area contributed by atoms with Crippen LogP contribution in [0.15, 0.2) is 83.4 Å². The Morgan fingerprint density at radius 2 is 1.69 bits per heavy atom. The number of ether oxygens (including phenoxy) is 5. The van der Waals surface area contributed by atoms with E-state index < -0.39 is 12.1 Å². The number of allylic oxidation sites excluding steroid dienone is 4. The summed E-state index contributed by atoms with van der Waals surface area (Å²) in [5.74, 6) is 2.20. The van der Waals surface area contributed by atoms with Gasteiger partial charge in [0.2, 0.25) is 12.0 Å². The fourth-order valence-corrected chi connectivity index (χ4v) is 10.2. The fraction of sp³-hybridized carbons (Fsp3) is 0.471. The molecule has 2 aliphatic carbocycles. The number of pyridine rings is 1. The van der Waals surface area contributed by atoms with Gasteiger partial charge in [-0.1, -0.05) is 43.1 Å². The van der Waals surface area contributed by atoms with Gasteiger partial charge in [-0.05, 0) is 97.9 Å². The molecule has 16 heteroatoms. The van der Waals surface area contributed by atoms with Crippen molar-refractivity contribution in [3.63, 3.8) is 0 Å². The van der Waals surface area contributed by atoms with Crippen LogP contribution in [0, 0.1) is 5.92 Å². The lowest BCUT2D eigenvalue weighted by molar-refractivity contribution is -0.145. The Morgan fingerprint density at radius 1 is 0.940 bits per heavy atom. The minimum Gasteiger partial charge on any atom is -0.495 e. The summed E-state index contributed by atoms with van der Waals surface area (Å²) in [6.45, 7) is 14.8. The number of halogens is 1. The molecule has 0 bridgehead atoms. The van der Waals surface area contributed by atoms with E-state index in [1.165, 1.54) is 11.5 Å². The second-order valence-electron chi connectivity index (χ2n) is 18.0. The smallest absolute Gasteiger partial charge is 0.345 e. The summed E-state index contributed by atoms with van der Waals surface area (Å²) in [5.41, 5.74) is 6.19. The molecule has 2 atom stereocenters. The zero-order valence-electron chi connectivity index (χ0n) is 38.6. The van der Waals surface area contributed by atoms with Gasteiger partial charge in [0, 0.05) is 94.1 Å². The van der Waals surface area contributed by atoms with Gasteiger partial charge in [-0.25, -0.2) is 14.8 Å². The highest BCUT2D eigenvalue weighted by molar-refractivity contribution is 7.13. The number of hydrogen-bond donors (Lipinski definition) is 1. The highest BCUT2D eigenvalue weighted by atomic mass is 35.5. The third-order valence-electron chi connectivity index (χ3n) is 13.4. The Kier molecular flexibility index (Phi) is 15.3. The number of fused-ring (bicyclic) bond motifs is 1. The summed E-state index contributed by atoms with van der Waals surface area (Å²) in [5, 5.41) is 12.1. The third-order valence-corrected chi connectivity index (χ3v) is 14.6. The average molecular weight is 951 g/mol. The van der Waals surface area contributed by atoms with Crippen molar-refractivity contribution >= 4 is 44.8 Å². The molecule has 1 saturated carbocycles. The maximum absolute atomic E-state index is 13.1. The third kappa shape index (κ3) is 11.2. The van der Waals surface area contributed by atoms with Gasteiger partial charge >= 0.3 is 5.97 Å². The van der Waals surface area contributed by atoms with Gasteiger partial charge in [-0.2, -0.15) is 4.37 Å². The molecular weight excluding hydrogens is 890 g/mol. The lowest BCUT2D eigenvalue weighted by Crippen LogP contribution is -2.45. The number of likely N-dealkylation sites (N-methyl/N-ethyl adjacent to an activating group) is 1. The second-order valence-corrected chi connectivity index (χ2v) is 19.2. The predicted octanol–water partition coefficient (Wildman–Crippen LogP) is 8.31. The Labute approximate surface area is 401 Å². The quantitative estimate of drug-likeness (QED) is 0.0847. The molecule has 2 saturated heterocycles. The molecule has 5 heterocycles. The van der Waals surface area contributed by atoms with Crippen LogP contribution in [-0.2, 0) is 27.3 Å². The van der Waals surface area contributed by atoms with E-state index in [4.69, 9.17) is 49.6 Å². The number of carboxylic acids is 1. The second kappa shape index (κ2) is 21.9. The summed E-state index contributed by atoms with van der Waals surface area (Å²) in [7, 11) is 2.16. The Balaban J connectivity index is 0.901. The van der Waals surface area contributed by atoms with Crippen molar-refractivity contribution < 1.29 is 33.6 Å². The fourth-order valence-electron chi connectivity index (χ4n) is 9.15. The van der Waals surface area contributed by atoms with Crippen molar-refractivity contribution in [2.45, 2.75) is 64.6 Å². The monoisotopic (exact) mass is 949 g/mol. The van der Waals surface area contributed by atoms with Crippen molar-refractivity contribution in [2.75, 3.05) is 85.8 Å². The molecule has 14 nitrogen and oxygen atoms in total. The van der Waals surface area contributed by atoms with Gasteiger partial charge in [0.05, 0.1) is 39.7 Å². The molecule has 0 radical (unpaired) electrons. The van der Waals surface area contributed by atoms with E-state index >= 15 is 0 Å². The molecule has 2 aliphatic heterocycles. The first-order chi connectivity index (χ1) is 32.7. The molecule has 9 rings (SSSR count). The van der Waals surface area contributed by atoms with E-state index in [0.717, 1.165) is 134 Å². The van der Waals surface area contributed by atoms with Crippen LogP contribution in [0.4, 0.5) is 0 Å². The van der Waals surface area contributed by atoms with E-state index in [1.807, 2.05) is 60.8 Å². The maximum Gasteiger partial charge on any atom is 0.345 e. The first-order valence-electron chi connectivity index (χ1n) is 23.6. The summed E-state index contributed by atoms with van der Waals surface area (Å²) in [4.78, 5) is 34.6. The number of hydrogen-bond acceptors (Lipinski definition) is 14. The van der Waals surface area contributed by atoms with E-state index in [2.05, 4.69) is 40.6 Å². The number of rotatable bonds is 19. The lowest BCUT2D eigenvalue weighted by Gasteiger charge is -2.33. The number of carbonyl (C=O) groups is 1. The van der Waals surface area contributed by atoms with E-state index in [-0.39, 0.29) is 30.7 Å². The Bertz CT molecular complexity index is 2570. The number of nitrogens with zero attached hydrogens (tertiary/aromatic N) is 7.